The normalized spacial score (nSPS) is 20.7. The topological polar surface area (TPSA) is 98.0 Å². The number of hydrogen-bond acceptors (Lipinski definition) is 7. The van der Waals surface area contributed by atoms with E-state index in [2.05, 4.69) is 27.1 Å². The molecule has 2 aliphatic heterocycles. The molecule has 2 atom stereocenters. The van der Waals surface area contributed by atoms with E-state index in [9.17, 15) is 18.0 Å². The summed E-state index contributed by atoms with van der Waals surface area (Å²) >= 11 is 0. The van der Waals surface area contributed by atoms with Gasteiger partial charge in [0.2, 0.25) is 11.9 Å². The summed E-state index contributed by atoms with van der Waals surface area (Å²) in [6.45, 7) is 3.85. The zero-order valence-electron chi connectivity index (χ0n) is 18.1. The molecule has 1 amide bonds. The predicted molar refractivity (Wildman–Crippen MR) is 115 cm³/mol. The van der Waals surface area contributed by atoms with Crippen LogP contribution in [0.15, 0.2) is 24.4 Å². The Kier molecular flexibility index (Phi) is 6.35. The van der Waals surface area contributed by atoms with Crippen molar-refractivity contribution in [3.8, 4) is 6.07 Å². The van der Waals surface area contributed by atoms with Gasteiger partial charge in [0, 0.05) is 43.9 Å². The zero-order valence-corrected chi connectivity index (χ0v) is 18.1. The molecule has 0 saturated carbocycles. The molecule has 2 unspecified atom stereocenters. The highest BCUT2D eigenvalue weighted by molar-refractivity contribution is 5.78. The summed E-state index contributed by atoms with van der Waals surface area (Å²) in [5, 5.41) is 11.7. The largest absolute Gasteiger partial charge is 0.416 e. The minimum Gasteiger partial charge on any atom is -0.341 e. The second-order valence-corrected chi connectivity index (χ2v) is 8.38. The number of alkyl halides is 3. The summed E-state index contributed by atoms with van der Waals surface area (Å²) in [6, 6.07) is 5.69. The maximum atomic E-state index is 13.1. The molecule has 0 aliphatic carbocycles. The number of nitrogens with one attached hydrogen (secondary N) is 1. The van der Waals surface area contributed by atoms with Crippen molar-refractivity contribution in [1.29, 1.82) is 5.26 Å². The second-order valence-electron chi connectivity index (χ2n) is 8.38. The lowest BCUT2D eigenvalue weighted by Crippen LogP contribution is -2.29. The van der Waals surface area contributed by atoms with E-state index in [-0.39, 0.29) is 30.1 Å². The van der Waals surface area contributed by atoms with Gasteiger partial charge in [-0.25, -0.2) is 9.97 Å². The van der Waals surface area contributed by atoms with Gasteiger partial charge in [-0.3, -0.25) is 4.79 Å². The maximum absolute atomic E-state index is 13.1. The lowest BCUT2D eigenvalue weighted by molar-refractivity contribution is -0.137. The van der Waals surface area contributed by atoms with Crippen molar-refractivity contribution in [2.45, 2.75) is 50.7 Å². The minimum atomic E-state index is -4.48. The summed E-state index contributed by atoms with van der Waals surface area (Å²) < 4.78 is 39.3. The molecule has 1 N–H and O–H groups in total. The summed E-state index contributed by atoms with van der Waals surface area (Å²) in [4.78, 5) is 29.2. The Morgan fingerprint density at radius 2 is 2.06 bits per heavy atom. The van der Waals surface area contributed by atoms with Gasteiger partial charge < -0.3 is 15.1 Å². The average molecular weight is 459 g/mol. The number of pyridine rings is 1. The van der Waals surface area contributed by atoms with Crippen LogP contribution in [0.1, 0.15) is 49.8 Å². The van der Waals surface area contributed by atoms with Gasteiger partial charge in [-0.2, -0.15) is 23.4 Å². The fourth-order valence-corrected chi connectivity index (χ4v) is 4.30. The molecule has 2 saturated heterocycles. The number of amides is 1. The van der Waals surface area contributed by atoms with E-state index in [1.807, 2.05) is 6.07 Å². The van der Waals surface area contributed by atoms with Crippen molar-refractivity contribution in [2.75, 3.05) is 29.9 Å². The van der Waals surface area contributed by atoms with E-state index in [0.29, 0.717) is 37.0 Å². The Balaban J connectivity index is 1.63. The Bertz CT molecular complexity index is 1070. The lowest BCUT2D eigenvalue weighted by Gasteiger charge is -2.23. The quantitative estimate of drug-likeness (QED) is 0.725. The molecule has 2 aromatic heterocycles. The molecular weight excluding hydrogens is 435 g/mol. The number of carbonyl (C=O) groups excluding carboxylic acids is 1. The number of halogens is 3. The first-order chi connectivity index (χ1) is 15.7. The first-order valence-electron chi connectivity index (χ1n) is 10.8. The van der Waals surface area contributed by atoms with Gasteiger partial charge in [0.25, 0.3) is 0 Å². The first kappa shape index (κ1) is 22.8. The highest BCUT2D eigenvalue weighted by atomic mass is 19.4. The van der Waals surface area contributed by atoms with Crippen LogP contribution in [0, 0.1) is 11.3 Å². The molecular formula is C22H24F3N7O. The van der Waals surface area contributed by atoms with Crippen LogP contribution in [0.4, 0.5) is 30.8 Å². The van der Waals surface area contributed by atoms with Crippen LogP contribution in [-0.4, -0.2) is 51.4 Å². The standard InChI is InChI=1S/C22H24F3N7O/c1-14-3-2-9-32(14)21-28-17(15-6-10-31(13-15)20(33)4-7-26)12-19(30-21)29-18-11-16(5-8-27-18)22(23,24)25/h5,8,11-12,14-15H,2-4,6,9-10,13H2,1H3,(H,27,28,29,30). The minimum absolute atomic E-state index is 0.0344. The second kappa shape index (κ2) is 9.21. The predicted octanol–water partition coefficient (Wildman–Crippen LogP) is 3.85. The Labute approximate surface area is 189 Å². The summed E-state index contributed by atoms with van der Waals surface area (Å²) in [7, 11) is 0. The van der Waals surface area contributed by atoms with Crippen molar-refractivity contribution in [3.63, 3.8) is 0 Å². The number of likely N-dealkylation sites (tertiary alicyclic amines) is 1. The van der Waals surface area contributed by atoms with Crippen LogP contribution in [-0.2, 0) is 11.0 Å². The first-order valence-corrected chi connectivity index (χ1v) is 10.8. The van der Waals surface area contributed by atoms with E-state index in [1.54, 1.807) is 11.0 Å². The molecule has 174 valence electrons. The molecule has 33 heavy (non-hydrogen) atoms. The van der Waals surface area contributed by atoms with Gasteiger partial charge >= 0.3 is 6.18 Å². The number of nitrogens with zero attached hydrogens (tertiary/aromatic N) is 6. The van der Waals surface area contributed by atoms with Crippen LogP contribution in [0.5, 0.6) is 0 Å². The fourth-order valence-electron chi connectivity index (χ4n) is 4.30. The van der Waals surface area contributed by atoms with E-state index in [1.165, 1.54) is 0 Å². The highest BCUT2D eigenvalue weighted by Gasteiger charge is 2.32. The molecule has 0 spiro atoms. The molecule has 0 bridgehead atoms. The van der Waals surface area contributed by atoms with E-state index >= 15 is 0 Å². The number of hydrogen-bond donors (Lipinski definition) is 1. The van der Waals surface area contributed by atoms with Gasteiger partial charge in [-0.1, -0.05) is 0 Å². The van der Waals surface area contributed by atoms with Crippen LogP contribution < -0.4 is 10.2 Å². The van der Waals surface area contributed by atoms with Gasteiger partial charge in [0.05, 0.1) is 17.3 Å². The van der Waals surface area contributed by atoms with Gasteiger partial charge in [0.15, 0.2) is 0 Å². The SMILES string of the molecule is CC1CCCN1c1nc(Nc2cc(C(F)(F)F)ccn2)cc(C2CCN(C(=O)CC#N)C2)n1. The molecule has 2 aliphatic rings. The Morgan fingerprint density at radius 1 is 1.24 bits per heavy atom. The fraction of sp³-hybridized carbons (Fsp3) is 0.500. The number of aromatic nitrogens is 3. The monoisotopic (exact) mass is 459 g/mol. The van der Waals surface area contributed by atoms with Gasteiger partial charge in [0.1, 0.15) is 18.1 Å². The number of anilines is 3. The third-order valence-electron chi connectivity index (χ3n) is 6.08. The van der Waals surface area contributed by atoms with E-state index in [0.717, 1.165) is 37.7 Å². The molecule has 4 rings (SSSR count). The van der Waals surface area contributed by atoms with Crippen molar-refractivity contribution in [3.05, 3.63) is 35.7 Å². The van der Waals surface area contributed by atoms with E-state index in [4.69, 9.17) is 10.2 Å². The smallest absolute Gasteiger partial charge is 0.341 e. The Morgan fingerprint density at radius 3 is 2.76 bits per heavy atom. The molecule has 2 fully saturated rings. The van der Waals surface area contributed by atoms with Crippen LogP contribution in [0.3, 0.4) is 0 Å². The molecule has 4 heterocycles. The van der Waals surface area contributed by atoms with Crippen molar-refractivity contribution >= 4 is 23.5 Å². The number of rotatable bonds is 5. The molecule has 2 aromatic rings. The average Bonchev–Trinajstić information content (AvgIpc) is 3.43. The van der Waals surface area contributed by atoms with Crippen LogP contribution >= 0.6 is 0 Å². The van der Waals surface area contributed by atoms with Crippen molar-refractivity contribution < 1.29 is 18.0 Å². The third-order valence-corrected chi connectivity index (χ3v) is 6.08. The van der Waals surface area contributed by atoms with Gasteiger partial charge in [-0.15, -0.1) is 0 Å². The molecule has 0 aromatic carbocycles. The van der Waals surface area contributed by atoms with Gasteiger partial charge in [-0.05, 0) is 38.3 Å². The third kappa shape index (κ3) is 5.16. The summed E-state index contributed by atoms with van der Waals surface area (Å²) in [5.41, 5.74) is -0.0917. The van der Waals surface area contributed by atoms with Crippen LogP contribution in [0.2, 0.25) is 0 Å². The lowest BCUT2D eigenvalue weighted by atomic mass is 10.0. The number of nitriles is 1. The zero-order chi connectivity index (χ0) is 23.6. The Hall–Kier alpha value is -3.42. The van der Waals surface area contributed by atoms with Crippen molar-refractivity contribution in [2.24, 2.45) is 0 Å². The summed E-state index contributed by atoms with van der Waals surface area (Å²) in [6.07, 6.45) is -0.842. The van der Waals surface area contributed by atoms with E-state index < -0.39 is 11.7 Å². The number of carbonyl (C=O) groups is 1. The summed E-state index contributed by atoms with van der Waals surface area (Å²) in [5.74, 6) is 0.625. The molecule has 0 radical (unpaired) electrons. The van der Waals surface area contributed by atoms with Crippen LogP contribution in [0.25, 0.3) is 0 Å². The molecule has 11 heteroatoms. The molecule has 8 nitrogen and oxygen atoms in total. The van der Waals surface area contributed by atoms with Crippen molar-refractivity contribution in [1.82, 2.24) is 19.9 Å². The maximum Gasteiger partial charge on any atom is 0.416 e. The highest BCUT2D eigenvalue weighted by Crippen LogP contribution is 2.33.